The number of aromatic hydroxyl groups is 1. The molecule has 3 aromatic carbocycles. The summed E-state index contributed by atoms with van der Waals surface area (Å²) in [4.78, 5) is 21.8. The zero-order valence-corrected chi connectivity index (χ0v) is 33.7. The second-order valence-corrected chi connectivity index (χ2v) is 16.5. The monoisotopic (exact) mass is 801 g/mol. The van der Waals surface area contributed by atoms with Crippen molar-refractivity contribution in [2.24, 2.45) is 0 Å². The number of benzene rings is 3. The molecule has 3 atom stereocenters. The number of alkyl halides is 1. The van der Waals surface area contributed by atoms with Crippen molar-refractivity contribution >= 4 is 34.0 Å². The van der Waals surface area contributed by atoms with Gasteiger partial charge in [-0.1, -0.05) is 24.3 Å². The number of hydrogen-bond acceptors (Lipinski definition) is 10. The Bertz CT molecular complexity index is 2450. The molecule has 9 rings (SSSR count). The van der Waals surface area contributed by atoms with E-state index in [1.54, 1.807) is 29.2 Å². The summed E-state index contributed by atoms with van der Waals surface area (Å²) in [5.74, 6) is 0.334. The largest absolute Gasteiger partial charge is 0.507 e. The molecule has 0 saturated carbocycles. The highest BCUT2D eigenvalue weighted by molar-refractivity contribution is 5.94. The minimum Gasteiger partial charge on any atom is -0.507 e. The van der Waals surface area contributed by atoms with Crippen LogP contribution in [-0.4, -0.2) is 107 Å². The molecular formula is C46H54FN9O3. The number of hydrogen-bond donors (Lipinski definition) is 3. The van der Waals surface area contributed by atoms with E-state index in [4.69, 9.17) is 13.2 Å². The van der Waals surface area contributed by atoms with E-state index in [9.17, 15) is 9.90 Å². The number of para-hydroxylation sites is 1. The highest BCUT2D eigenvalue weighted by Crippen LogP contribution is 2.37. The van der Waals surface area contributed by atoms with Crippen LogP contribution < -0.4 is 20.9 Å². The lowest BCUT2D eigenvalue weighted by Crippen LogP contribution is -2.51. The number of morpholine rings is 1. The number of anilines is 3. The van der Waals surface area contributed by atoms with Gasteiger partial charge in [0.25, 0.3) is 5.91 Å². The molecule has 0 radical (unpaired) electrons. The van der Waals surface area contributed by atoms with Gasteiger partial charge in [-0.2, -0.15) is 0 Å². The first kappa shape index (κ1) is 36.6. The number of nitrogens with one attached hydrogen (secondary N) is 1. The number of amides is 1. The molecule has 0 spiro atoms. The molecule has 6 heterocycles. The van der Waals surface area contributed by atoms with Crippen LogP contribution in [0.25, 0.3) is 22.2 Å². The number of nitrogens with zero attached hydrogens (tertiary/aromatic N) is 7. The number of halogens is 1. The molecule has 12 nitrogen and oxygen atoms in total. The molecule has 4 N–H and O–H groups in total. The summed E-state index contributed by atoms with van der Waals surface area (Å²) < 4.78 is 41.3. The fourth-order valence-corrected chi connectivity index (χ4v) is 9.29. The van der Waals surface area contributed by atoms with Crippen molar-refractivity contribution in [2.45, 2.75) is 57.3 Å². The van der Waals surface area contributed by atoms with Crippen LogP contribution in [0.1, 0.15) is 67.6 Å². The van der Waals surface area contributed by atoms with E-state index in [2.05, 4.69) is 55.1 Å². The van der Waals surface area contributed by atoms with E-state index >= 15 is 4.39 Å². The maximum absolute atomic E-state index is 16.4. The number of piperidine rings is 2. The molecule has 3 fully saturated rings. The van der Waals surface area contributed by atoms with Gasteiger partial charge in [0.2, 0.25) is 0 Å². The Kier molecular flexibility index (Phi) is 10.1. The second-order valence-electron chi connectivity index (χ2n) is 16.5. The van der Waals surface area contributed by atoms with Crippen LogP contribution >= 0.6 is 0 Å². The van der Waals surface area contributed by atoms with Gasteiger partial charge in [-0.05, 0) is 91.9 Å². The van der Waals surface area contributed by atoms with E-state index in [1.807, 2.05) is 54.4 Å². The Balaban J connectivity index is 0.782. The third kappa shape index (κ3) is 7.98. The van der Waals surface area contributed by atoms with Gasteiger partial charge in [-0.3, -0.25) is 10.1 Å². The Hall–Kier alpha value is -5.50. The van der Waals surface area contributed by atoms with Gasteiger partial charge in [0.15, 0.2) is 5.82 Å². The number of fused-ring (bicyclic) bond motifs is 1. The molecule has 0 aliphatic carbocycles. The molecule has 4 aliphatic rings. The molecule has 1 amide bonds. The number of carbonyl (C=O) groups is 1. The predicted octanol–water partition coefficient (Wildman–Crippen LogP) is 6.74. The molecule has 59 heavy (non-hydrogen) atoms. The quantitative estimate of drug-likeness (QED) is 0.155. The first-order valence-corrected chi connectivity index (χ1v) is 20.7. The van der Waals surface area contributed by atoms with Crippen molar-refractivity contribution in [1.82, 2.24) is 29.9 Å². The average Bonchev–Trinajstić information content (AvgIpc) is 3.59. The summed E-state index contributed by atoms with van der Waals surface area (Å²) in [6, 6.07) is 21.2. The van der Waals surface area contributed by atoms with Gasteiger partial charge in [0.1, 0.15) is 17.5 Å². The van der Waals surface area contributed by atoms with Crippen molar-refractivity contribution in [1.29, 1.82) is 0 Å². The smallest absolute Gasteiger partial charge is 0.253 e. The molecule has 13 heteroatoms. The molecule has 4 aliphatic heterocycles. The number of aromatic nitrogens is 3. The summed E-state index contributed by atoms with van der Waals surface area (Å²) in [6.45, 7) is 7.19. The second kappa shape index (κ2) is 16.3. The summed E-state index contributed by atoms with van der Waals surface area (Å²) in [7, 11) is 0. The van der Waals surface area contributed by atoms with E-state index in [1.165, 1.54) is 5.56 Å². The number of nitrogens with two attached hydrogens (primary N) is 1. The number of rotatable bonds is 8. The summed E-state index contributed by atoms with van der Waals surface area (Å²) >= 11 is 0. The number of carbonyl (C=O) groups excluding carboxylic acids is 1. The summed E-state index contributed by atoms with van der Waals surface area (Å²) in [5, 5.41) is 22.9. The van der Waals surface area contributed by atoms with Gasteiger partial charge in [-0.15, -0.1) is 10.2 Å². The van der Waals surface area contributed by atoms with Gasteiger partial charge in [-0.25, -0.2) is 4.39 Å². The number of phenolic OH excluding ortho intramolecular Hbond substituents is 1. The standard InChI is InChI=1S/C46H54FN9O3/c1-31-24-33(8-10-36(31)43-28-54(22-23-59-43)41-26-39(50-51-44(41)48)37-6-3-4-7-42(37)57)45(58)53-20-14-46(47,15-21-53)29-52-18-12-34(13-19-52)56-27-32(2)38-25-35(9-11-40(38)56)55-17-5-16-49-30-55/h3-11,17,24-27,34,43,49,57H,12-16,18-23,28-30H2,1-2H3,(H2,48,51)/i16D,30D/t16?,30-,43?/m1/s1. The van der Waals surface area contributed by atoms with Crippen LogP contribution in [0.15, 0.2) is 85.2 Å². The predicted molar refractivity (Wildman–Crippen MR) is 230 cm³/mol. The third-order valence-electron chi connectivity index (χ3n) is 12.6. The van der Waals surface area contributed by atoms with E-state index in [0.29, 0.717) is 80.9 Å². The van der Waals surface area contributed by atoms with Crippen LogP contribution in [0.5, 0.6) is 5.75 Å². The van der Waals surface area contributed by atoms with Gasteiger partial charge in [0, 0.05) is 113 Å². The van der Waals surface area contributed by atoms with E-state index in [-0.39, 0.29) is 17.8 Å². The van der Waals surface area contributed by atoms with Crippen molar-refractivity contribution < 1.29 is 21.8 Å². The Morgan fingerprint density at radius 3 is 2.61 bits per heavy atom. The maximum atomic E-state index is 16.4. The van der Waals surface area contributed by atoms with E-state index in [0.717, 1.165) is 59.3 Å². The van der Waals surface area contributed by atoms with Crippen molar-refractivity contribution in [3.8, 4) is 17.0 Å². The minimum atomic E-state index is -1.34. The molecular weight excluding hydrogens is 746 g/mol. The van der Waals surface area contributed by atoms with E-state index < -0.39 is 18.8 Å². The first-order chi connectivity index (χ1) is 29.4. The highest BCUT2D eigenvalue weighted by atomic mass is 19.1. The van der Waals surface area contributed by atoms with Crippen LogP contribution in [0.2, 0.25) is 0 Å². The first-order valence-electron chi connectivity index (χ1n) is 21.9. The minimum absolute atomic E-state index is 0.0811. The van der Waals surface area contributed by atoms with Crippen molar-refractivity contribution in [3.05, 3.63) is 107 Å². The number of nitrogen functional groups attached to an aromatic ring is 1. The lowest BCUT2D eigenvalue weighted by molar-refractivity contribution is 0.0158. The SMILES string of the molecule is [2H]C1C=CN(c2ccc3c(c2)c(C)cn3C2CCN(CC3(F)CCN(C(=O)c4ccc(C5CN(c6cc(-c7ccccc7O)nnc6N)CCO5)c(C)c4)CC3)CC2)[C@H]([2H])N1. The van der Waals surface area contributed by atoms with Crippen molar-refractivity contribution in [2.75, 3.05) is 81.1 Å². The third-order valence-corrected chi connectivity index (χ3v) is 12.6. The molecule has 2 unspecified atom stereocenters. The normalized spacial score (nSPS) is 23.4. The number of likely N-dealkylation sites (tertiary alicyclic amines) is 2. The fourth-order valence-electron chi connectivity index (χ4n) is 9.29. The molecule has 5 aromatic rings. The molecule has 308 valence electrons. The van der Waals surface area contributed by atoms with Gasteiger partial charge >= 0.3 is 0 Å². The Morgan fingerprint density at radius 1 is 1.02 bits per heavy atom. The maximum Gasteiger partial charge on any atom is 0.253 e. The zero-order valence-electron chi connectivity index (χ0n) is 35.7. The average molecular weight is 802 g/mol. The summed E-state index contributed by atoms with van der Waals surface area (Å²) in [5.41, 5.74) is 12.6. The van der Waals surface area contributed by atoms with Gasteiger partial charge < -0.3 is 39.7 Å². The molecule has 2 aromatic heterocycles. The lowest BCUT2D eigenvalue weighted by Gasteiger charge is -2.41. The van der Waals surface area contributed by atoms with Crippen molar-refractivity contribution in [3.63, 3.8) is 0 Å². The summed E-state index contributed by atoms with van der Waals surface area (Å²) in [6.07, 6.45) is 8.00. The number of phenols is 1. The lowest BCUT2D eigenvalue weighted by atomic mass is 9.91. The fraction of sp³-hybridized carbons (Fsp3) is 0.413. The Labute approximate surface area is 347 Å². The Morgan fingerprint density at radius 2 is 1.83 bits per heavy atom. The van der Waals surface area contributed by atoms with Crippen LogP contribution in [0.4, 0.5) is 21.6 Å². The number of aryl methyl sites for hydroxylation is 2. The number of ether oxygens (including phenoxy) is 1. The van der Waals surface area contributed by atoms with Crippen LogP contribution in [0.3, 0.4) is 0 Å². The van der Waals surface area contributed by atoms with Crippen LogP contribution in [-0.2, 0) is 4.74 Å². The molecule has 3 saturated heterocycles. The van der Waals surface area contributed by atoms with Crippen LogP contribution in [0, 0.1) is 13.8 Å². The zero-order chi connectivity index (χ0) is 42.4. The van der Waals surface area contributed by atoms with Gasteiger partial charge in [0.05, 0.1) is 26.0 Å². The highest BCUT2D eigenvalue weighted by Gasteiger charge is 2.39. The molecule has 0 bridgehead atoms. The topological polar surface area (TPSA) is 128 Å².